The maximum Gasteiger partial charge on any atom is 0.296 e. The van der Waals surface area contributed by atoms with Crippen molar-refractivity contribution in [3.8, 4) is 5.75 Å². The van der Waals surface area contributed by atoms with E-state index in [0.29, 0.717) is 66.6 Å². The van der Waals surface area contributed by atoms with Crippen LogP contribution in [0.5, 0.6) is 5.75 Å². The van der Waals surface area contributed by atoms with Crippen molar-refractivity contribution in [3.63, 3.8) is 0 Å². The van der Waals surface area contributed by atoms with E-state index in [1.54, 1.807) is 36.4 Å². The van der Waals surface area contributed by atoms with Gasteiger partial charge in [0.25, 0.3) is 5.91 Å². The topological polar surface area (TPSA) is 117 Å². The van der Waals surface area contributed by atoms with Crippen molar-refractivity contribution in [1.82, 2.24) is 19.2 Å². The Morgan fingerprint density at radius 1 is 0.969 bits per heavy atom. The van der Waals surface area contributed by atoms with Crippen LogP contribution in [0.1, 0.15) is 16.2 Å². The van der Waals surface area contributed by atoms with E-state index in [-0.39, 0.29) is 4.90 Å². The summed E-state index contributed by atoms with van der Waals surface area (Å²) in [7, 11) is -2.02. The van der Waals surface area contributed by atoms with Crippen LogP contribution in [0.2, 0.25) is 0 Å². The molecule has 3 aromatic rings. The fraction of sp³-hybridized carbons (Fsp3) is 0.286. The second-order valence-corrected chi connectivity index (χ2v) is 9.46. The highest BCUT2D eigenvalue weighted by Gasteiger charge is 2.29. The lowest BCUT2D eigenvalue weighted by atomic mass is 10.1. The van der Waals surface area contributed by atoms with Crippen molar-refractivity contribution in [3.05, 3.63) is 53.9 Å². The highest BCUT2D eigenvalue weighted by Crippen LogP contribution is 2.31. The third-order valence-electron chi connectivity index (χ3n) is 5.61. The fourth-order valence-electron chi connectivity index (χ4n) is 3.90. The van der Waals surface area contributed by atoms with Gasteiger partial charge in [0.05, 0.1) is 35.0 Å². The number of piperazine rings is 1. The number of hydrogen-bond donors (Lipinski definition) is 0. The van der Waals surface area contributed by atoms with Crippen LogP contribution in [0.3, 0.4) is 0 Å². The van der Waals surface area contributed by atoms with Crippen molar-refractivity contribution in [2.45, 2.75) is 11.4 Å². The number of carbonyl (C=O) groups excluding carboxylic acids is 1. The van der Waals surface area contributed by atoms with E-state index in [2.05, 4.69) is 25.1 Å². The Bertz CT molecular complexity index is 1330. The molecule has 0 N–H and O–H groups in total. The number of rotatable bonds is 5. The summed E-state index contributed by atoms with van der Waals surface area (Å²) in [6.07, 6.45) is 0. The van der Waals surface area contributed by atoms with Crippen LogP contribution in [0.4, 0.5) is 5.82 Å². The predicted octanol–water partition coefficient (Wildman–Crippen LogP) is 2.38. The zero-order valence-electron chi connectivity index (χ0n) is 17.3. The number of ether oxygens (including phenoxy) is 1. The van der Waals surface area contributed by atoms with Crippen molar-refractivity contribution in [1.29, 1.82) is 0 Å². The zero-order chi connectivity index (χ0) is 22.3. The maximum atomic E-state index is 12.9. The Morgan fingerprint density at radius 2 is 1.72 bits per heavy atom. The minimum Gasteiger partial charge on any atom is -0.497 e. The number of sulfonamides is 1. The largest absolute Gasteiger partial charge is 0.497 e. The molecular weight excluding hydrogens is 432 g/mol. The van der Waals surface area contributed by atoms with Gasteiger partial charge in [-0.15, -0.1) is 10.2 Å². The normalized spacial score (nSPS) is 17.1. The standard InChI is InChI=1S/C21H20N6O4S/c1-31-14-5-7-15(8-6-14)32(29,30)27-11-9-26(10-12-27)13-18-22-17-4-2-3-16-19(17)20(23-18)24-25-21(16)28/h2-8H,9-13H2,1H3. The van der Waals surface area contributed by atoms with Crippen LogP contribution >= 0.6 is 0 Å². The predicted molar refractivity (Wildman–Crippen MR) is 115 cm³/mol. The molecular formula is C21H20N6O4S. The second kappa shape index (κ2) is 8.01. The molecule has 3 heterocycles. The van der Waals surface area contributed by atoms with E-state index < -0.39 is 15.9 Å². The first-order valence-electron chi connectivity index (χ1n) is 10.1. The highest BCUT2D eigenvalue weighted by molar-refractivity contribution is 7.89. The minimum atomic E-state index is -3.56. The zero-order valence-corrected chi connectivity index (χ0v) is 18.1. The molecule has 1 amide bonds. The SMILES string of the molecule is COc1ccc(S(=O)(=O)N2CCN(Cc3nc4c5c(cccc5n3)C(=O)N=N4)CC2)cc1. The van der Waals surface area contributed by atoms with Gasteiger partial charge in [0.15, 0.2) is 5.82 Å². The molecule has 2 aliphatic rings. The number of benzene rings is 2. The van der Waals surface area contributed by atoms with Gasteiger partial charge in [0.2, 0.25) is 10.0 Å². The Labute approximate surface area is 184 Å². The summed E-state index contributed by atoms with van der Waals surface area (Å²) >= 11 is 0. The van der Waals surface area contributed by atoms with Crippen molar-refractivity contribution >= 4 is 32.7 Å². The first-order valence-corrected chi connectivity index (χ1v) is 11.5. The number of azo groups is 1. The van der Waals surface area contributed by atoms with Gasteiger partial charge in [-0.05, 0) is 36.4 Å². The van der Waals surface area contributed by atoms with Gasteiger partial charge in [-0.1, -0.05) is 6.07 Å². The van der Waals surface area contributed by atoms with Crippen molar-refractivity contribution < 1.29 is 17.9 Å². The smallest absolute Gasteiger partial charge is 0.296 e. The van der Waals surface area contributed by atoms with Crippen LogP contribution < -0.4 is 4.74 Å². The summed E-state index contributed by atoms with van der Waals surface area (Å²) in [6, 6.07) is 11.7. The lowest BCUT2D eigenvalue weighted by Crippen LogP contribution is -2.48. The van der Waals surface area contributed by atoms with E-state index in [1.165, 1.54) is 11.4 Å². The molecule has 0 unspecified atom stereocenters. The first kappa shape index (κ1) is 20.6. The summed E-state index contributed by atoms with van der Waals surface area (Å²) in [6.45, 7) is 2.28. The molecule has 0 spiro atoms. The number of amides is 1. The molecule has 10 nitrogen and oxygen atoms in total. The molecule has 1 fully saturated rings. The molecule has 5 rings (SSSR count). The molecule has 2 aromatic carbocycles. The average molecular weight is 452 g/mol. The van der Waals surface area contributed by atoms with Gasteiger partial charge >= 0.3 is 0 Å². The van der Waals surface area contributed by atoms with E-state index in [0.717, 1.165) is 0 Å². The van der Waals surface area contributed by atoms with Gasteiger partial charge in [0.1, 0.15) is 11.6 Å². The first-order chi connectivity index (χ1) is 15.5. The monoisotopic (exact) mass is 452 g/mol. The van der Waals surface area contributed by atoms with Gasteiger partial charge < -0.3 is 4.74 Å². The Balaban J connectivity index is 1.30. The number of methoxy groups -OCH3 is 1. The molecule has 0 atom stereocenters. The van der Waals surface area contributed by atoms with E-state index in [9.17, 15) is 13.2 Å². The van der Waals surface area contributed by atoms with Crippen molar-refractivity contribution in [2.75, 3.05) is 33.3 Å². The molecule has 164 valence electrons. The lowest BCUT2D eigenvalue weighted by Gasteiger charge is -2.33. The summed E-state index contributed by atoms with van der Waals surface area (Å²) < 4.78 is 32.5. The van der Waals surface area contributed by atoms with Gasteiger partial charge in [-0.3, -0.25) is 9.69 Å². The average Bonchev–Trinajstić information content (AvgIpc) is 2.82. The minimum absolute atomic E-state index is 0.249. The van der Waals surface area contributed by atoms with E-state index in [4.69, 9.17) is 4.74 Å². The highest BCUT2D eigenvalue weighted by atomic mass is 32.2. The van der Waals surface area contributed by atoms with Crippen LogP contribution in [0.25, 0.3) is 10.9 Å². The molecule has 0 radical (unpaired) electrons. The molecule has 1 saturated heterocycles. The lowest BCUT2D eigenvalue weighted by molar-refractivity contribution is 0.0995. The number of hydrogen-bond acceptors (Lipinski definition) is 8. The number of aromatic nitrogens is 2. The summed E-state index contributed by atoms with van der Waals surface area (Å²) in [5.41, 5.74) is 1.10. The number of nitrogens with zero attached hydrogens (tertiary/aromatic N) is 6. The molecule has 11 heteroatoms. The molecule has 0 bridgehead atoms. The van der Waals surface area contributed by atoms with E-state index in [1.807, 2.05) is 6.07 Å². The Kier molecular flexibility index (Phi) is 5.16. The van der Waals surface area contributed by atoms with Crippen LogP contribution in [-0.2, 0) is 16.6 Å². The van der Waals surface area contributed by atoms with E-state index >= 15 is 0 Å². The molecule has 32 heavy (non-hydrogen) atoms. The molecule has 0 aliphatic carbocycles. The summed E-state index contributed by atoms with van der Waals surface area (Å²) in [4.78, 5) is 23.4. The second-order valence-electron chi connectivity index (χ2n) is 7.52. The van der Waals surface area contributed by atoms with Crippen molar-refractivity contribution in [2.24, 2.45) is 10.2 Å². The van der Waals surface area contributed by atoms with Crippen LogP contribution in [0, 0.1) is 0 Å². The van der Waals surface area contributed by atoms with Gasteiger partial charge in [-0.2, -0.15) is 4.31 Å². The Morgan fingerprint density at radius 3 is 2.44 bits per heavy atom. The summed E-state index contributed by atoms with van der Waals surface area (Å²) in [5.74, 6) is 1.16. The molecule has 0 saturated carbocycles. The van der Waals surface area contributed by atoms with Crippen LogP contribution in [-0.4, -0.2) is 66.8 Å². The maximum absolute atomic E-state index is 12.9. The quantitative estimate of drug-likeness (QED) is 0.583. The fourth-order valence-corrected chi connectivity index (χ4v) is 5.33. The third kappa shape index (κ3) is 3.64. The number of carbonyl (C=O) groups is 1. The molecule has 1 aromatic heterocycles. The van der Waals surface area contributed by atoms with Gasteiger partial charge in [-0.25, -0.2) is 18.4 Å². The Hall–Kier alpha value is -3.28. The molecule has 2 aliphatic heterocycles. The third-order valence-corrected chi connectivity index (χ3v) is 7.52. The summed E-state index contributed by atoms with van der Waals surface area (Å²) in [5, 5.41) is 8.22. The van der Waals surface area contributed by atoms with Crippen LogP contribution in [0.15, 0.2) is 57.6 Å². The van der Waals surface area contributed by atoms with Gasteiger partial charge in [0, 0.05) is 26.2 Å².